The topological polar surface area (TPSA) is 73.2 Å². The van der Waals surface area contributed by atoms with E-state index in [0.29, 0.717) is 18.0 Å². The van der Waals surface area contributed by atoms with Gasteiger partial charge in [0.1, 0.15) is 6.54 Å². The van der Waals surface area contributed by atoms with Crippen molar-refractivity contribution in [3.63, 3.8) is 0 Å². The molecule has 0 bridgehead atoms. The van der Waals surface area contributed by atoms with Gasteiger partial charge in [0.2, 0.25) is 10.0 Å². The molecule has 18 heavy (non-hydrogen) atoms. The molecule has 6 heteroatoms. The highest BCUT2D eigenvalue weighted by Gasteiger charge is 2.26. The molecule has 5 nitrogen and oxygen atoms in total. The first-order valence-electron chi connectivity index (χ1n) is 5.85. The molecule has 1 aromatic rings. The van der Waals surface area contributed by atoms with Crippen molar-refractivity contribution in [1.29, 1.82) is 5.26 Å². The summed E-state index contributed by atoms with van der Waals surface area (Å²) in [7, 11) is -3.34. The van der Waals surface area contributed by atoms with E-state index in [-0.39, 0.29) is 6.54 Å². The monoisotopic (exact) mass is 265 g/mol. The number of nitriles is 1. The van der Waals surface area contributed by atoms with Gasteiger partial charge in [0.05, 0.1) is 11.0 Å². The summed E-state index contributed by atoms with van der Waals surface area (Å²) in [6, 6.07) is 8.48. The summed E-state index contributed by atoms with van der Waals surface area (Å²) < 4.78 is 25.9. The Balaban J connectivity index is 2.16. The van der Waals surface area contributed by atoms with E-state index < -0.39 is 10.0 Å². The highest BCUT2D eigenvalue weighted by atomic mass is 32.2. The Kier molecular flexibility index (Phi) is 3.84. The second kappa shape index (κ2) is 5.38. The number of benzene rings is 1. The van der Waals surface area contributed by atoms with Crippen molar-refractivity contribution < 1.29 is 8.42 Å². The van der Waals surface area contributed by atoms with Crippen LogP contribution in [0.25, 0.3) is 0 Å². The van der Waals surface area contributed by atoms with Crippen LogP contribution in [0.5, 0.6) is 0 Å². The Labute approximate surface area is 107 Å². The van der Waals surface area contributed by atoms with Crippen LogP contribution in [0.4, 0.5) is 5.69 Å². The van der Waals surface area contributed by atoms with Crippen molar-refractivity contribution in [2.75, 3.05) is 25.0 Å². The lowest BCUT2D eigenvalue weighted by Crippen LogP contribution is -2.27. The summed E-state index contributed by atoms with van der Waals surface area (Å²) in [5, 5.41) is 11.3. The lowest BCUT2D eigenvalue weighted by molar-refractivity contribution is 0.477. The van der Waals surface area contributed by atoms with Gasteiger partial charge in [-0.2, -0.15) is 9.57 Å². The molecule has 0 aliphatic carbocycles. The zero-order chi connectivity index (χ0) is 13.0. The summed E-state index contributed by atoms with van der Waals surface area (Å²) in [6.45, 7) is 1.42. The Hall–Kier alpha value is -1.58. The number of nitrogens with one attached hydrogen (secondary N) is 1. The van der Waals surface area contributed by atoms with E-state index in [1.54, 1.807) is 24.3 Å². The van der Waals surface area contributed by atoms with Crippen molar-refractivity contribution in [1.82, 2.24) is 4.31 Å². The fraction of sp³-hybridized carbons (Fsp3) is 0.417. The normalized spacial score (nSPS) is 16.4. The van der Waals surface area contributed by atoms with Crippen LogP contribution in [0.2, 0.25) is 0 Å². The Bertz CT molecular complexity index is 540. The first-order valence-corrected chi connectivity index (χ1v) is 7.29. The highest BCUT2D eigenvalue weighted by molar-refractivity contribution is 7.89. The molecule has 1 saturated heterocycles. The molecule has 0 radical (unpaired) electrons. The Morgan fingerprint density at radius 1 is 1.22 bits per heavy atom. The minimum absolute atomic E-state index is 0.207. The van der Waals surface area contributed by atoms with Crippen LogP contribution >= 0.6 is 0 Å². The van der Waals surface area contributed by atoms with E-state index in [4.69, 9.17) is 5.26 Å². The molecule has 96 valence electrons. The quantitative estimate of drug-likeness (QED) is 0.835. The molecule has 1 aliphatic rings. The third-order valence-corrected chi connectivity index (χ3v) is 4.84. The average Bonchev–Trinajstić information content (AvgIpc) is 2.91. The molecule has 2 rings (SSSR count). The molecule has 0 unspecified atom stereocenters. The number of rotatable bonds is 4. The molecule has 1 N–H and O–H groups in total. The van der Waals surface area contributed by atoms with Gasteiger partial charge in [-0.15, -0.1) is 0 Å². The van der Waals surface area contributed by atoms with Crippen LogP contribution < -0.4 is 5.32 Å². The highest BCUT2D eigenvalue weighted by Crippen LogP contribution is 2.21. The molecule has 0 atom stereocenters. The van der Waals surface area contributed by atoms with Crippen molar-refractivity contribution >= 4 is 15.7 Å². The predicted molar refractivity (Wildman–Crippen MR) is 68.5 cm³/mol. The van der Waals surface area contributed by atoms with Crippen LogP contribution in [-0.4, -0.2) is 32.4 Å². The molecule has 0 spiro atoms. The zero-order valence-corrected chi connectivity index (χ0v) is 10.8. The second-order valence-corrected chi connectivity index (χ2v) is 6.09. The van der Waals surface area contributed by atoms with Crippen LogP contribution in [0.15, 0.2) is 29.2 Å². The molecule has 1 fully saturated rings. The minimum Gasteiger partial charge on any atom is -0.372 e. The van der Waals surface area contributed by atoms with E-state index in [0.717, 1.165) is 18.5 Å². The van der Waals surface area contributed by atoms with Crippen molar-refractivity contribution in [3.8, 4) is 6.07 Å². The maximum atomic E-state index is 12.2. The summed E-state index contributed by atoms with van der Waals surface area (Å²) in [5.41, 5.74) is 0.747. The number of hydrogen-bond donors (Lipinski definition) is 1. The third-order valence-electron chi connectivity index (χ3n) is 2.93. The SMILES string of the molecule is N#CCNc1ccc(S(=O)(=O)N2CCCC2)cc1. The molecule has 0 saturated carbocycles. The average molecular weight is 265 g/mol. The number of anilines is 1. The first-order chi connectivity index (χ1) is 8.64. The summed E-state index contributed by atoms with van der Waals surface area (Å²) >= 11 is 0. The van der Waals surface area contributed by atoms with E-state index >= 15 is 0 Å². The van der Waals surface area contributed by atoms with Gasteiger partial charge in [0, 0.05) is 18.8 Å². The maximum Gasteiger partial charge on any atom is 0.243 e. The molecular formula is C12H15N3O2S. The standard InChI is InChI=1S/C12H15N3O2S/c13-7-8-14-11-3-5-12(6-4-11)18(16,17)15-9-1-2-10-15/h3-6,14H,1-2,8-10H2. The van der Waals surface area contributed by atoms with Gasteiger partial charge in [-0.25, -0.2) is 8.42 Å². The van der Waals surface area contributed by atoms with Crippen LogP contribution in [0.3, 0.4) is 0 Å². The maximum absolute atomic E-state index is 12.2. The molecule has 0 amide bonds. The number of nitrogens with zero attached hydrogens (tertiary/aromatic N) is 2. The summed E-state index contributed by atoms with van der Waals surface area (Å²) in [5.74, 6) is 0. The van der Waals surface area contributed by atoms with Crippen molar-refractivity contribution in [2.45, 2.75) is 17.7 Å². The zero-order valence-electron chi connectivity index (χ0n) is 9.96. The fourth-order valence-electron chi connectivity index (χ4n) is 1.96. The Morgan fingerprint density at radius 3 is 2.39 bits per heavy atom. The van der Waals surface area contributed by atoms with Crippen LogP contribution in [-0.2, 0) is 10.0 Å². The van der Waals surface area contributed by atoms with Crippen LogP contribution in [0, 0.1) is 11.3 Å². The van der Waals surface area contributed by atoms with Gasteiger partial charge < -0.3 is 5.32 Å². The van der Waals surface area contributed by atoms with E-state index in [1.807, 2.05) is 6.07 Å². The lowest BCUT2D eigenvalue weighted by atomic mass is 10.3. The summed E-state index contributed by atoms with van der Waals surface area (Å²) in [4.78, 5) is 0.312. The molecule has 0 aromatic heterocycles. The molecule has 1 heterocycles. The first kappa shape index (κ1) is 12.9. The van der Waals surface area contributed by atoms with E-state index in [1.165, 1.54) is 4.31 Å². The fourth-order valence-corrected chi connectivity index (χ4v) is 3.48. The molecule has 1 aromatic carbocycles. The summed E-state index contributed by atoms with van der Waals surface area (Å²) in [6.07, 6.45) is 1.86. The van der Waals surface area contributed by atoms with Gasteiger partial charge in [-0.1, -0.05) is 0 Å². The lowest BCUT2D eigenvalue weighted by Gasteiger charge is -2.15. The van der Waals surface area contributed by atoms with Gasteiger partial charge in [0.25, 0.3) is 0 Å². The smallest absolute Gasteiger partial charge is 0.243 e. The molecule has 1 aliphatic heterocycles. The van der Waals surface area contributed by atoms with Crippen LogP contribution in [0.1, 0.15) is 12.8 Å². The number of sulfonamides is 1. The number of hydrogen-bond acceptors (Lipinski definition) is 4. The van der Waals surface area contributed by atoms with Gasteiger partial charge in [0.15, 0.2) is 0 Å². The van der Waals surface area contributed by atoms with Crippen molar-refractivity contribution in [3.05, 3.63) is 24.3 Å². The third kappa shape index (κ3) is 2.63. The van der Waals surface area contributed by atoms with Gasteiger partial charge in [-0.3, -0.25) is 0 Å². The van der Waals surface area contributed by atoms with E-state index in [2.05, 4.69) is 5.32 Å². The predicted octanol–water partition coefficient (Wildman–Crippen LogP) is 1.41. The second-order valence-electron chi connectivity index (χ2n) is 4.15. The van der Waals surface area contributed by atoms with Crippen molar-refractivity contribution in [2.24, 2.45) is 0 Å². The van der Waals surface area contributed by atoms with Gasteiger partial charge in [-0.05, 0) is 37.1 Å². The molecular weight excluding hydrogens is 250 g/mol. The minimum atomic E-state index is -3.34. The largest absolute Gasteiger partial charge is 0.372 e. The van der Waals surface area contributed by atoms with E-state index in [9.17, 15) is 8.42 Å². The van der Waals surface area contributed by atoms with Gasteiger partial charge >= 0.3 is 0 Å². The Morgan fingerprint density at radius 2 is 1.83 bits per heavy atom.